The summed E-state index contributed by atoms with van der Waals surface area (Å²) < 4.78 is 19.8. The van der Waals surface area contributed by atoms with Crippen molar-refractivity contribution >= 4 is 28.5 Å². The molecule has 0 saturated heterocycles. The van der Waals surface area contributed by atoms with Gasteiger partial charge in [0.05, 0.1) is 17.0 Å². The molecule has 1 aliphatic rings. The normalized spacial score (nSPS) is 16.3. The van der Waals surface area contributed by atoms with E-state index in [9.17, 15) is 14.0 Å². The van der Waals surface area contributed by atoms with E-state index in [2.05, 4.69) is 5.32 Å². The van der Waals surface area contributed by atoms with Crippen molar-refractivity contribution in [3.63, 3.8) is 0 Å². The summed E-state index contributed by atoms with van der Waals surface area (Å²) in [5.41, 5.74) is 0.952. The van der Waals surface area contributed by atoms with Crippen LogP contribution in [0, 0.1) is 12.7 Å². The number of fused-ring (bicyclic) bond motifs is 2. The Morgan fingerprint density at radius 2 is 1.96 bits per heavy atom. The quantitative estimate of drug-likeness (QED) is 0.732. The van der Waals surface area contributed by atoms with Gasteiger partial charge in [-0.1, -0.05) is 29.8 Å². The lowest BCUT2D eigenvalue weighted by atomic mass is 9.98. The summed E-state index contributed by atoms with van der Waals surface area (Å²) in [6.07, 6.45) is 0. The van der Waals surface area contributed by atoms with Gasteiger partial charge in [-0.25, -0.2) is 4.39 Å². The molecule has 3 aromatic rings. The summed E-state index contributed by atoms with van der Waals surface area (Å²) in [7, 11) is 0. The topological polar surface area (TPSA) is 59.3 Å². The van der Waals surface area contributed by atoms with Crippen LogP contribution < -0.4 is 10.7 Å². The van der Waals surface area contributed by atoms with E-state index < -0.39 is 17.8 Å². The number of hydrogen-bond donors (Lipinski definition) is 1. The first kappa shape index (κ1) is 14.9. The first-order valence-corrected chi connectivity index (χ1v) is 7.67. The van der Waals surface area contributed by atoms with Crippen LogP contribution in [0.4, 0.5) is 4.39 Å². The summed E-state index contributed by atoms with van der Waals surface area (Å²) in [4.78, 5) is 25.1. The SMILES string of the molecule is Cc1cc2oc3c(c(=O)c2cc1Cl)C(c1ccccc1F)NC3=O. The van der Waals surface area contributed by atoms with Gasteiger partial charge < -0.3 is 9.73 Å². The van der Waals surface area contributed by atoms with Gasteiger partial charge in [-0.2, -0.15) is 0 Å². The van der Waals surface area contributed by atoms with Crippen LogP contribution in [-0.4, -0.2) is 5.91 Å². The van der Waals surface area contributed by atoms with Gasteiger partial charge in [-0.05, 0) is 30.7 Å². The number of nitrogens with one attached hydrogen (secondary N) is 1. The lowest BCUT2D eigenvalue weighted by Gasteiger charge is -2.12. The average molecular weight is 344 g/mol. The molecular formula is C18H11ClFNO3. The van der Waals surface area contributed by atoms with Crippen LogP contribution in [0.15, 0.2) is 45.6 Å². The molecule has 0 fully saturated rings. The molecule has 6 heteroatoms. The summed E-state index contributed by atoms with van der Waals surface area (Å²) in [5.74, 6) is -1.12. The molecule has 1 atom stereocenters. The van der Waals surface area contributed by atoms with Crippen molar-refractivity contribution in [2.75, 3.05) is 0 Å². The van der Waals surface area contributed by atoms with Crippen molar-refractivity contribution in [2.45, 2.75) is 13.0 Å². The smallest absolute Gasteiger partial charge is 0.288 e. The Labute approximate surface area is 140 Å². The van der Waals surface area contributed by atoms with Gasteiger partial charge in [0.1, 0.15) is 11.4 Å². The number of aryl methyl sites for hydroxylation is 1. The van der Waals surface area contributed by atoms with Crippen LogP contribution >= 0.6 is 11.6 Å². The molecule has 1 unspecified atom stereocenters. The lowest BCUT2D eigenvalue weighted by Crippen LogP contribution is -2.22. The molecule has 0 radical (unpaired) electrons. The Morgan fingerprint density at radius 1 is 1.21 bits per heavy atom. The zero-order chi connectivity index (χ0) is 17.0. The van der Waals surface area contributed by atoms with Gasteiger partial charge >= 0.3 is 0 Å². The van der Waals surface area contributed by atoms with Gasteiger partial charge in [-0.15, -0.1) is 0 Å². The van der Waals surface area contributed by atoms with Crippen LogP contribution in [0.25, 0.3) is 11.0 Å². The number of halogens is 2. The highest BCUT2D eigenvalue weighted by molar-refractivity contribution is 6.32. The van der Waals surface area contributed by atoms with Crippen LogP contribution in [0.2, 0.25) is 5.02 Å². The number of rotatable bonds is 1. The molecule has 1 aliphatic heterocycles. The maximum absolute atomic E-state index is 14.1. The Hall–Kier alpha value is -2.66. The van der Waals surface area contributed by atoms with Crippen molar-refractivity contribution in [2.24, 2.45) is 0 Å². The molecule has 1 aromatic heterocycles. The molecule has 1 N–H and O–H groups in total. The third-order valence-electron chi connectivity index (χ3n) is 4.19. The Morgan fingerprint density at radius 3 is 2.71 bits per heavy atom. The predicted octanol–water partition coefficient (Wildman–Crippen LogP) is 3.73. The van der Waals surface area contributed by atoms with Crippen molar-refractivity contribution in [1.82, 2.24) is 5.32 Å². The van der Waals surface area contributed by atoms with E-state index in [1.807, 2.05) is 0 Å². The van der Waals surface area contributed by atoms with Gasteiger partial charge in [0.2, 0.25) is 5.76 Å². The first-order chi connectivity index (χ1) is 11.5. The van der Waals surface area contributed by atoms with Crippen molar-refractivity contribution in [3.05, 3.63) is 79.9 Å². The highest BCUT2D eigenvalue weighted by Crippen LogP contribution is 2.33. The maximum atomic E-state index is 14.1. The van der Waals surface area contributed by atoms with Crippen molar-refractivity contribution in [1.29, 1.82) is 0 Å². The molecule has 0 aliphatic carbocycles. The zero-order valence-corrected chi connectivity index (χ0v) is 13.3. The van der Waals surface area contributed by atoms with E-state index in [4.69, 9.17) is 16.0 Å². The second kappa shape index (κ2) is 5.18. The summed E-state index contributed by atoms with van der Waals surface area (Å²) in [6, 6.07) is 8.24. The third-order valence-corrected chi connectivity index (χ3v) is 4.60. The fraction of sp³-hybridized carbons (Fsp3) is 0.111. The van der Waals surface area contributed by atoms with Crippen LogP contribution in [0.5, 0.6) is 0 Å². The van der Waals surface area contributed by atoms with Crippen LogP contribution in [-0.2, 0) is 0 Å². The second-order valence-electron chi connectivity index (χ2n) is 5.70. The lowest BCUT2D eigenvalue weighted by molar-refractivity contribution is 0.0937. The summed E-state index contributed by atoms with van der Waals surface area (Å²) in [5, 5.41) is 3.31. The van der Waals surface area contributed by atoms with Gasteiger partial charge in [0.15, 0.2) is 5.43 Å². The largest absolute Gasteiger partial charge is 0.450 e. The van der Waals surface area contributed by atoms with Gasteiger partial charge in [0, 0.05) is 10.6 Å². The molecule has 4 rings (SSSR count). The van der Waals surface area contributed by atoms with Crippen LogP contribution in [0.1, 0.15) is 33.3 Å². The van der Waals surface area contributed by atoms with E-state index in [0.717, 1.165) is 5.56 Å². The predicted molar refractivity (Wildman–Crippen MR) is 87.9 cm³/mol. The van der Waals surface area contributed by atoms with E-state index in [1.165, 1.54) is 18.2 Å². The number of carbonyl (C=O) groups is 1. The van der Waals surface area contributed by atoms with E-state index in [-0.39, 0.29) is 33.3 Å². The molecular weight excluding hydrogens is 333 g/mol. The molecule has 4 nitrogen and oxygen atoms in total. The Balaban J connectivity index is 2.04. The fourth-order valence-corrected chi connectivity index (χ4v) is 3.14. The summed E-state index contributed by atoms with van der Waals surface area (Å²) >= 11 is 6.09. The number of amides is 1. The molecule has 2 aromatic carbocycles. The molecule has 2 heterocycles. The third kappa shape index (κ3) is 2.05. The van der Waals surface area contributed by atoms with Crippen LogP contribution in [0.3, 0.4) is 0 Å². The first-order valence-electron chi connectivity index (χ1n) is 7.29. The zero-order valence-electron chi connectivity index (χ0n) is 12.5. The number of hydrogen-bond acceptors (Lipinski definition) is 3. The molecule has 0 bridgehead atoms. The number of benzene rings is 2. The Bertz CT molecular complexity index is 1070. The van der Waals surface area contributed by atoms with Crippen molar-refractivity contribution in [3.8, 4) is 0 Å². The fourth-order valence-electron chi connectivity index (χ4n) is 2.97. The van der Waals surface area contributed by atoms with Gasteiger partial charge in [-0.3, -0.25) is 9.59 Å². The van der Waals surface area contributed by atoms with Gasteiger partial charge in [0.25, 0.3) is 5.91 Å². The second-order valence-corrected chi connectivity index (χ2v) is 6.11. The highest BCUT2D eigenvalue weighted by atomic mass is 35.5. The molecule has 1 amide bonds. The minimum absolute atomic E-state index is 0.0810. The monoisotopic (exact) mass is 343 g/mol. The highest BCUT2D eigenvalue weighted by Gasteiger charge is 2.37. The van der Waals surface area contributed by atoms with E-state index >= 15 is 0 Å². The minimum atomic E-state index is -0.880. The Kier molecular flexibility index (Phi) is 3.21. The van der Waals surface area contributed by atoms with Crippen molar-refractivity contribution < 1.29 is 13.6 Å². The molecule has 0 saturated carbocycles. The maximum Gasteiger partial charge on any atom is 0.288 e. The summed E-state index contributed by atoms with van der Waals surface area (Å²) in [6.45, 7) is 1.78. The molecule has 24 heavy (non-hydrogen) atoms. The molecule has 0 spiro atoms. The van der Waals surface area contributed by atoms with E-state index in [0.29, 0.717) is 5.02 Å². The van der Waals surface area contributed by atoms with E-state index in [1.54, 1.807) is 25.1 Å². The average Bonchev–Trinajstić information content (AvgIpc) is 2.87. The molecule has 120 valence electrons. The number of carbonyl (C=O) groups excluding carboxylic acids is 1. The minimum Gasteiger partial charge on any atom is -0.450 e. The standard InChI is InChI=1S/C18H11ClFNO3/c1-8-6-13-10(7-11(8)19)16(22)14-15(21-18(23)17(14)24-13)9-4-2-3-5-12(9)20/h2-7,15H,1H3,(H,21,23).